The maximum absolute atomic E-state index is 13.3. The third-order valence-corrected chi connectivity index (χ3v) is 6.65. The Morgan fingerprint density at radius 2 is 1.05 bits per heavy atom. The molecule has 0 heterocycles. The van der Waals surface area contributed by atoms with E-state index in [1.54, 1.807) is 67.5 Å². The first-order valence-corrected chi connectivity index (χ1v) is 13.8. The van der Waals surface area contributed by atoms with Gasteiger partial charge in [0.15, 0.2) is 0 Å². The Morgan fingerprint density at radius 1 is 0.675 bits per heavy atom. The van der Waals surface area contributed by atoms with Gasteiger partial charge in [0, 0.05) is 0 Å². The summed E-state index contributed by atoms with van der Waals surface area (Å²) in [7, 11) is 0. The van der Waals surface area contributed by atoms with Gasteiger partial charge in [0.2, 0.25) is 23.6 Å². The third-order valence-electron chi connectivity index (χ3n) is 6.65. The van der Waals surface area contributed by atoms with Crippen LogP contribution in [0.5, 0.6) is 5.75 Å². The zero-order chi connectivity index (χ0) is 30.7. The Bertz CT molecular complexity index is 1010. The van der Waals surface area contributed by atoms with Crippen LogP contribution in [0.15, 0.2) is 24.3 Å². The van der Waals surface area contributed by atoms with Gasteiger partial charge in [0.25, 0.3) is 0 Å². The van der Waals surface area contributed by atoms with Crippen LogP contribution in [0.25, 0.3) is 0 Å². The Balaban J connectivity index is 2.98. The molecule has 1 aromatic carbocycles. The topological polar surface area (TPSA) is 180 Å². The molecule has 0 saturated carbocycles. The SMILES string of the molecule is CC(C)[C@H](N)C(=O)N[C@H](C(=O)N[C@H](C(=O)N[C@H](C(=O)N[C@H](C=O)Cc1ccc(O)cc1)C(C)C)C(C)C)C(C)C. The van der Waals surface area contributed by atoms with Crippen molar-refractivity contribution in [2.75, 3.05) is 0 Å². The van der Waals surface area contributed by atoms with E-state index in [-0.39, 0.29) is 35.8 Å². The number of carbonyl (C=O) groups excluding carboxylic acids is 5. The lowest BCUT2D eigenvalue weighted by atomic mass is 9.97. The molecular formula is C29H47N5O6. The number of phenolic OH excluding ortho intramolecular Hbond substituents is 1. The second kappa shape index (κ2) is 16.0. The monoisotopic (exact) mass is 561 g/mol. The molecule has 0 aliphatic carbocycles. The van der Waals surface area contributed by atoms with Crippen molar-refractivity contribution in [1.82, 2.24) is 21.3 Å². The number of carbonyl (C=O) groups is 5. The first-order valence-electron chi connectivity index (χ1n) is 13.8. The van der Waals surface area contributed by atoms with Gasteiger partial charge in [-0.1, -0.05) is 67.5 Å². The van der Waals surface area contributed by atoms with E-state index in [0.29, 0.717) is 6.29 Å². The van der Waals surface area contributed by atoms with E-state index in [4.69, 9.17) is 5.73 Å². The highest BCUT2D eigenvalue weighted by molar-refractivity contribution is 5.95. The molecule has 0 radical (unpaired) electrons. The van der Waals surface area contributed by atoms with Crippen LogP contribution >= 0.6 is 0 Å². The predicted molar refractivity (Wildman–Crippen MR) is 153 cm³/mol. The van der Waals surface area contributed by atoms with Crippen molar-refractivity contribution in [2.24, 2.45) is 29.4 Å². The van der Waals surface area contributed by atoms with Gasteiger partial charge in [-0.15, -0.1) is 0 Å². The average molecular weight is 562 g/mol. The zero-order valence-electron chi connectivity index (χ0n) is 24.9. The molecule has 0 aromatic heterocycles. The van der Waals surface area contributed by atoms with Crippen molar-refractivity contribution in [3.8, 4) is 5.75 Å². The molecule has 224 valence electrons. The molecule has 11 nitrogen and oxygen atoms in total. The Kier molecular flexibility index (Phi) is 13.8. The highest BCUT2D eigenvalue weighted by atomic mass is 16.3. The highest BCUT2D eigenvalue weighted by Crippen LogP contribution is 2.13. The van der Waals surface area contributed by atoms with Crippen LogP contribution in [0.4, 0.5) is 0 Å². The molecule has 7 N–H and O–H groups in total. The minimum absolute atomic E-state index is 0.0889. The van der Waals surface area contributed by atoms with E-state index in [0.717, 1.165) is 5.56 Å². The quantitative estimate of drug-likeness (QED) is 0.173. The van der Waals surface area contributed by atoms with Crippen LogP contribution in [0.2, 0.25) is 0 Å². The summed E-state index contributed by atoms with van der Waals surface area (Å²) in [5.41, 5.74) is 6.67. The number of benzene rings is 1. The molecule has 40 heavy (non-hydrogen) atoms. The summed E-state index contributed by atoms with van der Waals surface area (Å²) in [5.74, 6) is -3.06. The molecule has 0 bridgehead atoms. The van der Waals surface area contributed by atoms with Crippen molar-refractivity contribution >= 4 is 29.9 Å². The predicted octanol–water partition coefficient (Wildman–Crippen LogP) is 1.02. The van der Waals surface area contributed by atoms with Crippen LogP contribution in [0.1, 0.15) is 61.0 Å². The number of rotatable bonds is 15. The van der Waals surface area contributed by atoms with Crippen molar-refractivity contribution in [2.45, 2.75) is 92.0 Å². The minimum atomic E-state index is -0.989. The largest absolute Gasteiger partial charge is 0.508 e. The smallest absolute Gasteiger partial charge is 0.243 e. The molecule has 5 atom stereocenters. The molecule has 1 aromatic rings. The Morgan fingerprint density at radius 3 is 1.40 bits per heavy atom. The normalized spacial score (nSPS) is 15.2. The lowest BCUT2D eigenvalue weighted by Gasteiger charge is -2.30. The first kappa shape index (κ1) is 34.6. The summed E-state index contributed by atoms with van der Waals surface area (Å²) in [5, 5.41) is 20.3. The lowest BCUT2D eigenvalue weighted by molar-refractivity contribution is -0.136. The number of phenols is 1. The fraction of sp³-hybridized carbons (Fsp3) is 0.621. The van der Waals surface area contributed by atoms with Crippen LogP contribution < -0.4 is 27.0 Å². The molecule has 0 aliphatic heterocycles. The number of aldehydes is 1. The number of hydrogen-bond acceptors (Lipinski definition) is 7. The number of aromatic hydroxyl groups is 1. The molecule has 0 unspecified atom stereocenters. The molecule has 4 amide bonds. The van der Waals surface area contributed by atoms with Gasteiger partial charge in [-0.05, 0) is 47.8 Å². The second-order valence-electron chi connectivity index (χ2n) is 11.6. The maximum atomic E-state index is 13.3. The van der Waals surface area contributed by atoms with Crippen molar-refractivity contribution < 1.29 is 29.1 Å². The number of nitrogens with two attached hydrogens (primary N) is 1. The molecule has 0 aliphatic rings. The molecule has 0 saturated heterocycles. The van der Waals surface area contributed by atoms with E-state index in [1.165, 1.54) is 12.1 Å². The van der Waals surface area contributed by atoms with Gasteiger partial charge in [0.1, 0.15) is 30.2 Å². The van der Waals surface area contributed by atoms with Gasteiger partial charge >= 0.3 is 0 Å². The van der Waals surface area contributed by atoms with Crippen molar-refractivity contribution in [3.05, 3.63) is 29.8 Å². The van der Waals surface area contributed by atoms with E-state index >= 15 is 0 Å². The zero-order valence-corrected chi connectivity index (χ0v) is 24.9. The summed E-state index contributed by atoms with van der Waals surface area (Å²) in [4.78, 5) is 63.8. The molecular weight excluding hydrogens is 514 g/mol. The molecule has 1 rings (SSSR count). The van der Waals surface area contributed by atoms with Gasteiger partial charge in [-0.3, -0.25) is 19.2 Å². The van der Waals surface area contributed by atoms with Gasteiger partial charge in [-0.2, -0.15) is 0 Å². The average Bonchev–Trinajstić information content (AvgIpc) is 2.87. The highest BCUT2D eigenvalue weighted by Gasteiger charge is 2.34. The van der Waals surface area contributed by atoms with Gasteiger partial charge in [-0.25, -0.2) is 0 Å². The summed E-state index contributed by atoms with van der Waals surface area (Å²) in [6.07, 6.45) is 0.828. The fourth-order valence-corrected chi connectivity index (χ4v) is 3.93. The van der Waals surface area contributed by atoms with Gasteiger partial charge < -0.3 is 36.9 Å². The van der Waals surface area contributed by atoms with E-state index in [9.17, 15) is 29.1 Å². The van der Waals surface area contributed by atoms with Crippen LogP contribution in [-0.2, 0) is 30.4 Å². The number of amides is 4. The Labute approximate surface area is 237 Å². The first-order chi connectivity index (χ1) is 18.6. The van der Waals surface area contributed by atoms with E-state index in [1.807, 2.05) is 0 Å². The maximum Gasteiger partial charge on any atom is 0.243 e. The summed E-state index contributed by atoms with van der Waals surface area (Å²) < 4.78 is 0. The van der Waals surface area contributed by atoms with E-state index < -0.39 is 53.8 Å². The summed E-state index contributed by atoms with van der Waals surface area (Å²) in [6.45, 7) is 14.2. The number of nitrogens with one attached hydrogen (secondary N) is 4. The van der Waals surface area contributed by atoms with Crippen LogP contribution in [0, 0.1) is 23.7 Å². The summed E-state index contributed by atoms with van der Waals surface area (Å²) >= 11 is 0. The van der Waals surface area contributed by atoms with Crippen LogP contribution in [0.3, 0.4) is 0 Å². The summed E-state index contributed by atoms with van der Waals surface area (Å²) in [6, 6.07) is 1.78. The van der Waals surface area contributed by atoms with E-state index in [2.05, 4.69) is 21.3 Å². The standard InChI is InChI=1S/C29H47N5O6/c1-15(2)22(30)26(37)32-24(17(5)6)28(39)34-25(18(7)8)29(40)33-23(16(3)4)27(38)31-20(14-35)13-19-9-11-21(36)12-10-19/h9-12,14-18,20,22-25,36H,13,30H2,1-8H3,(H,31,38)(H,32,37)(H,33,40)(H,34,39)/t20-,22-,23-,24-,25-/m0/s1. The molecule has 11 heteroatoms. The molecule has 0 fully saturated rings. The van der Waals surface area contributed by atoms with Crippen molar-refractivity contribution in [1.29, 1.82) is 0 Å². The minimum Gasteiger partial charge on any atom is -0.508 e. The Hall–Kier alpha value is -3.47. The number of hydrogen-bond donors (Lipinski definition) is 6. The third kappa shape index (κ3) is 10.6. The van der Waals surface area contributed by atoms with Crippen molar-refractivity contribution in [3.63, 3.8) is 0 Å². The lowest BCUT2D eigenvalue weighted by Crippen LogP contribution is -2.61. The van der Waals surface area contributed by atoms with Crippen LogP contribution in [-0.4, -0.2) is 65.2 Å². The molecule has 0 spiro atoms. The fourth-order valence-electron chi connectivity index (χ4n) is 3.93. The second-order valence-corrected chi connectivity index (χ2v) is 11.6. The van der Waals surface area contributed by atoms with Gasteiger partial charge in [0.05, 0.1) is 12.1 Å².